The Morgan fingerprint density at radius 2 is 2.03 bits per heavy atom. The summed E-state index contributed by atoms with van der Waals surface area (Å²) >= 11 is 0. The van der Waals surface area contributed by atoms with Crippen molar-refractivity contribution >= 4 is 16.8 Å². The van der Waals surface area contributed by atoms with Gasteiger partial charge in [-0.1, -0.05) is 6.07 Å². The summed E-state index contributed by atoms with van der Waals surface area (Å²) in [6.07, 6.45) is 8.91. The molecule has 5 heterocycles. The SMILES string of the molecule is C[C@@]1(C#N)COCc2ccc(C(=O)NCc3cc4nc(-c5cnn(-c6ccncc6)c5)ccc4cn3)cc21. The van der Waals surface area contributed by atoms with E-state index < -0.39 is 5.41 Å². The average molecular weight is 502 g/mol. The summed E-state index contributed by atoms with van der Waals surface area (Å²) in [4.78, 5) is 26.3. The third kappa shape index (κ3) is 4.38. The van der Waals surface area contributed by atoms with Crippen LogP contribution in [0.25, 0.3) is 27.8 Å². The molecule has 1 aliphatic heterocycles. The molecule has 4 aromatic heterocycles. The van der Waals surface area contributed by atoms with Gasteiger partial charge < -0.3 is 10.1 Å². The lowest BCUT2D eigenvalue weighted by atomic mass is 9.79. The molecule has 9 nitrogen and oxygen atoms in total. The van der Waals surface area contributed by atoms with E-state index >= 15 is 0 Å². The molecular weight excluding hydrogens is 478 g/mol. The summed E-state index contributed by atoms with van der Waals surface area (Å²) in [5, 5.41) is 17.9. The van der Waals surface area contributed by atoms with Crippen molar-refractivity contribution in [1.82, 2.24) is 30.0 Å². The number of ether oxygens (including phenoxy) is 1. The zero-order chi connectivity index (χ0) is 26.1. The highest BCUT2D eigenvalue weighted by molar-refractivity contribution is 5.94. The zero-order valence-electron chi connectivity index (χ0n) is 20.6. The number of nitrogens with zero attached hydrogens (tertiary/aromatic N) is 6. The van der Waals surface area contributed by atoms with Crippen molar-refractivity contribution in [3.63, 3.8) is 0 Å². The summed E-state index contributed by atoms with van der Waals surface area (Å²) in [5.74, 6) is -0.230. The van der Waals surface area contributed by atoms with Crippen LogP contribution in [0.5, 0.6) is 0 Å². The molecule has 0 aliphatic carbocycles. The Kier molecular flexibility index (Phi) is 5.86. The monoisotopic (exact) mass is 501 g/mol. The Balaban J connectivity index is 1.20. The molecule has 0 saturated heterocycles. The smallest absolute Gasteiger partial charge is 0.251 e. The molecule has 5 aromatic rings. The van der Waals surface area contributed by atoms with Gasteiger partial charge in [-0.05, 0) is 60.5 Å². The zero-order valence-corrected chi connectivity index (χ0v) is 20.6. The van der Waals surface area contributed by atoms with Gasteiger partial charge in [0.15, 0.2) is 0 Å². The predicted molar refractivity (Wildman–Crippen MR) is 140 cm³/mol. The number of nitrogens with one attached hydrogen (secondary N) is 1. The van der Waals surface area contributed by atoms with Gasteiger partial charge >= 0.3 is 0 Å². The first-order valence-corrected chi connectivity index (χ1v) is 12.1. The van der Waals surface area contributed by atoms with Crippen LogP contribution >= 0.6 is 0 Å². The molecule has 38 heavy (non-hydrogen) atoms. The van der Waals surface area contributed by atoms with Crippen LogP contribution in [0.1, 0.15) is 34.1 Å². The number of nitriles is 1. The number of hydrogen-bond donors (Lipinski definition) is 1. The van der Waals surface area contributed by atoms with E-state index in [-0.39, 0.29) is 12.5 Å². The molecule has 0 fully saturated rings. The Morgan fingerprint density at radius 1 is 1.16 bits per heavy atom. The van der Waals surface area contributed by atoms with Gasteiger partial charge in [0, 0.05) is 41.3 Å². The Labute approximate surface area is 218 Å². The average Bonchev–Trinajstić information content (AvgIpc) is 3.46. The summed E-state index contributed by atoms with van der Waals surface area (Å²) in [5.41, 5.74) is 5.55. The van der Waals surface area contributed by atoms with Gasteiger partial charge in [-0.3, -0.25) is 14.8 Å². The van der Waals surface area contributed by atoms with Crippen molar-refractivity contribution in [1.29, 1.82) is 5.26 Å². The minimum absolute atomic E-state index is 0.230. The lowest BCUT2D eigenvalue weighted by molar-refractivity contribution is 0.0757. The molecule has 1 atom stereocenters. The lowest BCUT2D eigenvalue weighted by Gasteiger charge is -2.30. The van der Waals surface area contributed by atoms with E-state index in [1.165, 1.54) is 0 Å². The normalized spacial score (nSPS) is 16.5. The van der Waals surface area contributed by atoms with Gasteiger partial charge in [0.05, 0.1) is 54.6 Å². The van der Waals surface area contributed by atoms with Crippen LogP contribution in [-0.4, -0.2) is 37.2 Å². The molecule has 9 heteroatoms. The number of carbonyl (C=O) groups is 1. The third-order valence-corrected chi connectivity index (χ3v) is 6.73. The Morgan fingerprint density at radius 3 is 2.87 bits per heavy atom. The Hall–Kier alpha value is -4.94. The van der Waals surface area contributed by atoms with E-state index in [4.69, 9.17) is 9.72 Å². The second-order valence-corrected chi connectivity index (χ2v) is 9.44. The predicted octanol–water partition coefficient (Wildman–Crippen LogP) is 4.12. The van der Waals surface area contributed by atoms with E-state index in [2.05, 4.69) is 26.5 Å². The molecule has 186 valence electrons. The van der Waals surface area contributed by atoms with Gasteiger partial charge in [0.25, 0.3) is 5.91 Å². The van der Waals surface area contributed by atoms with Crippen molar-refractivity contribution in [3.05, 3.63) is 102 Å². The highest BCUT2D eigenvalue weighted by atomic mass is 16.5. The Bertz CT molecular complexity index is 1710. The number of aromatic nitrogens is 5. The number of amides is 1. The fourth-order valence-electron chi connectivity index (χ4n) is 4.57. The molecule has 1 aromatic carbocycles. The second-order valence-electron chi connectivity index (χ2n) is 9.44. The maximum Gasteiger partial charge on any atom is 0.251 e. The summed E-state index contributed by atoms with van der Waals surface area (Å²) in [6.45, 7) is 2.82. The van der Waals surface area contributed by atoms with Crippen LogP contribution in [0.15, 0.2) is 79.5 Å². The van der Waals surface area contributed by atoms with Gasteiger partial charge in [-0.15, -0.1) is 0 Å². The van der Waals surface area contributed by atoms with E-state index in [0.29, 0.717) is 24.5 Å². The van der Waals surface area contributed by atoms with Crippen LogP contribution in [0, 0.1) is 11.3 Å². The quantitative estimate of drug-likeness (QED) is 0.385. The molecular formula is C29H23N7O2. The maximum absolute atomic E-state index is 12.9. The first kappa shape index (κ1) is 23.5. The molecule has 1 N–H and O–H groups in total. The van der Waals surface area contributed by atoms with Crippen LogP contribution < -0.4 is 5.32 Å². The molecule has 0 unspecified atom stereocenters. The fraction of sp³-hybridized carbons (Fsp3) is 0.172. The van der Waals surface area contributed by atoms with Gasteiger partial charge in [-0.25, -0.2) is 9.67 Å². The summed E-state index contributed by atoms with van der Waals surface area (Å²) in [6, 6.07) is 17.3. The third-order valence-electron chi connectivity index (χ3n) is 6.73. The molecule has 1 aliphatic rings. The molecule has 1 amide bonds. The molecule has 0 bridgehead atoms. The van der Waals surface area contributed by atoms with Crippen molar-refractivity contribution < 1.29 is 9.53 Å². The maximum atomic E-state index is 12.9. The van der Waals surface area contributed by atoms with Crippen molar-refractivity contribution in [2.24, 2.45) is 0 Å². The summed E-state index contributed by atoms with van der Waals surface area (Å²) in [7, 11) is 0. The minimum Gasteiger partial charge on any atom is -0.375 e. The second kappa shape index (κ2) is 9.50. The molecule has 0 radical (unpaired) electrons. The standard InChI is InChI=1S/C29H23N7O2/c1-29(17-30)18-38-16-21-3-2-19(10-25(21)29)28(37)33-14-23-11-27-20(12-32-23)4-5-26(35-27)22-13-34-36(15-22)24-6-8-31-9-7-24/h2-13,15H,14,16,18H2,1H3,(H,33,37)/t29-/m1/s1. The number of fused-ring (bicyclic) bond motifs is 2. The topological polar surface area (TPSA) is 119 Å². The number of carbonyl (C=O) groups excluding carboxylic acids is 1. The highest BCUT2D eigenvalue weighted by Crippen LogP contribution is 2.32. The first-order chi connectivity index (χ1) is 18.5. The summed E-state index contributed by atoms with van der Waals surface area (Å²) < 4.78 is 7.34. The van der Waals surface area contributed by atoms with Crippen LogP contribution in [-0.2, 0) is 23.3 Å². The van der Waals surface area contributed by atoms with Crippen LogP contribution in [0.3, 0.4) is 0 Å². The van der Waals surface area contributed by atoms with Gasteiger partial charge in [0.2, 0.25) is 0 Å². The lowest BCUT2D eigenvalue weighted by Crippen LogP contribution is -2.33. The highest BCUT2D eigenvalue weighted by Gasteiger charge is 2.33. The number of pyridine rings is 3. The minimum atomic E-state index is -0.776. The van der Waals surface area contributed by atoms with E-state index in [9.17, 15) is 10.1 Å². The fourth-order valence-corrected chi connectivity index (χ4v) is 4.57. The van der Waals surface area contributed by atoms with Gasteiger partial charge in [-0.2, -0.15) is 10.4 Å². The van der Waals surface area contributed by atoms with E-state index in [1.54, 1.807) is 41.6 Å². The molecule has 0 spiro atoms. The molecule has 0 saturated carbocycles. The van der Waals surface area contributed by atoms with Crippen molar-refractivity contribution in [3.8, 4) is 23.0 Å². The van der Waals surface area contributed by atoms with E-state index in [0.717, 1.165) is 39.0 Å². The molecule has 6 rings (SSSR count). The van der Waals surface area contributed by atoms with Crippen LogP contribution in [0.2, 0.25) is 0 Å². The number of hydrogen-bond acceptors (Lipinski definition) is 7. The number of rotatable bonds is 5. The largest absolute Gasteiger partial charge is 0.375 e. The van der Waals surface area contributed by atoms with Gasteiger partial charge in [0.1, 0.15) is 5.41 Å². The first-order valence-electron chi connectivity index (χ1n) is 12.1. The van der Waals surface area contributed by atoms with Crippen LogP contribution in [0.4, 0.5) is 0 Å². The van der Waals surface area contributed by atoms with Crippen molar-refractivity contribution in [2.45, 2.75) is 25.5 Å². The number of benzene rings is 1. The van der Waals surface area contributed by atoms with Crippen molar-refractivity contribution in [2.75, 3.05) is 6.61 Å². The van der Waals surface area contributed by atoms with E-state index in [1.807, 2.05) is 49.5 Å².